The molecule has 2 heteroatoms. The average Bonchev–Trinajstić information content (AvgIpc) is 2.74. The minimum absolute atomic E-state index is 0.420. The topological polar surface area (TPSA) is 15.3 Å². The van der Waals surface area contributed by atoms with E-state index >= 15 is 0 Å². The average molecular weight is 280 g/mol. The number of nitrogens with zero attached hydrogens (tertiary/aromatic N) is 1. The van der Waals surface area contributed by atoms with Gasteiger partial charge < -0.3 is 10.2 Å². The molecule has 118 valence electrons. The van der Waals surface area contributed by atoms with E-state index in [0.717, 1.165) is 12.5 Å². The highest BCUT2D eigenvalue weighted by Gasteiger charge is 2.44. The van der Waals surface area contributed by atoms with Crippen LogP contribution in [0.1, 0.15) is 77.6 Å². The van der Waals surface area contributed by atoms with Gasteiger partial charge in [-0.1, -0.05) is 51.9 Å². The first kappa shape index (κ1) is 16.3. The van der Waals surface area contributed by atoms with Gasteiger partial charge in [0.2, 0.25) is 0 Å². The highest BCUT2D eigenvalue weighted by atomic mass is 15.2. The Bertz CT molecular complexity index is 261. The molecule has 2 fully saturated rings. The van der Waals surface area contributed by atoms with E-state index in [1.807, 2.05) is 0 Å². The van der Waals surface area contributed by atoms with E-state index in [-0.39, 0.29) is 0 Å². The number of likely N-dealkylation sites (N-methyl/N-ethyl adjacent to an activating group) is 2. The molecule has 0 aromatic heterocycles. The number of hydrogen-bond donors (Lipinski definition) is 1. The van der Waals surface area contributed by atoms with E-state index in [4.69, 9.17) is 0 Å². The van der Waals surface area contributed by atoms with Crippen molar-refractivity contribution in [2.24, 2.45) is 5.92 Å². The second kappa shape index (κ2) is 7.79. The first-order valence-electron chi connectivity index (χ1n) is 9.11. The molecule has 0 saturated heterocycles. The first-order valence-corrected chi connectivity index (χ1v) is 9.11. The monoisotopic (exact) mass is 280 g/mol. The molecule has 2 rings (SSSR count). The molecule has 0 aromatic rings. The van der Waals surface area contributed by atoms with Gasteiger partial charge in [-0.2, -0.15) is 0 Å². The molecule has 0 spiro atoms. The van der Waals surface area contributed by atoms with Crippen LogP contribution in [0.25, 0.3) is 0 Å². The summed E-state index contributed by atoms with van der Waals surface area (Å²) in [5.74, 6) is 0.901. The lowest BCUT2D eigenvalue weighted by Gasteiger charge is -2.51. The van der Waals surface area contributed by atoms with Crippen LogP contribution in [0, 0.1) is 5.92 Å². The largest absolute Gasteiger partial charge is 0.312 e. The van der Waals surface area contributed by atoms with Crippen LogP contribution in [0.4, 0.5) is 0 Å². The van der Waals surface area contributed by atoms with Gasteiger partial charge in [-0.05, 0) is 52.2 Å². The fourth-order valence-corrected chi connectivity index (χ4v) is 4.86. The lowest BCUT2D eigenvalue weighted by Crippen LogP contribution is -2.62. The van der Waals surface area contributed by atoms with Crippen molar-refractivity contribution in [3.05, 3.63) is 0 Å². The molecule has 0 heterocycles. The third-order valence-corrected chi connectivity index (χ3v) is 5.98. The number of hydrogen-bond acceptors (Lipinski definition) is 2. The Labute approximate surface area is 126 Å². The standard InChI is InChI=1S/C18H36N2/c1-4-19-17(16-12-8-5-6-9-13-16)18(20(2)3)14-10-7-11-15-18/h16-17,19H,4-15H2,1-3H3. The summed E-state index contributed by atoms with van der Waals surface area (Å²) in [5.41, 5.74) is 0.420. The quantitative estimate of drug-likeness (QED) is 0.759. The third kappa shape index (κ3) is 3.57. The summed E-state index contributed by atoms with van der Waals surface area (Å²) < 4.78 is 0. The smallest absolute Gasteiger partial charge is 0.0359 e. The molecular formula is C18H36N2. The summed E-state index contributed by atoms with van der Waals surface area (Å²) in [4.78, 5) is 2.57. The van der Waals surface area contributed by atoms with Crippen molar-refractivity contribution < 1.29 is 0 Å². The molecule has 0 radical (unpaired) electrons. The van der Waals surface area contributed by atoms with Gasteiger partial charge in [-0.25, -0.2) is 0 Å². The van der Waals surface area contributed by atoms with Crippen LogP contribution in [0.3, 0.4) is 0 Å². The van der Waals surface area contributed by atoms with Gasteiger partial charge in [0.15, 0.2) is 0 Å². The Morgan fingerprint density at radius 3 is 2.00 bits per heavy atom. The fraction of sp³-hybridized carbons (Fsp3) is 1.00. The predicted octanol–water partition coefficient (Wildman–Crippen LogP) is 4.20. The number of rotatable bonds is 5. The van der Waals surface area contributed by atoms with Crippen molar-refractivity contribution in [3.8, 4) is 0 Å². The summed E-state index contributed by atoms with van der Waals surface area (Å²) in [6.45, 7) is 3.41. The fourth-order valence-electron chi connectivity index (χ4n) is 4.86. The van der Waals surface area contributed by atoms with Crippen LogP contribution in [-0.4, -0.2) is 37.1 Å². The van der Waals surface area contributed by atoms with Crippen molar-refractivity contribution >= 4 is 0 Å². The Balaban J connectivity index is 2.18. The van der Waals surface area contributed by atoms with Gasteiger partial charge in [0, 0.05) is 11.6 Å². The molecule has 2 aliphatic carbocycles. The van der Waals surface area contributed by atoms with Gasteiger partial charge in [-0.15, -0.1) is 0 Å². The van der Waals surface area contributed by atoms with Crippen LogP contribution in [0.15, 0.2) is 0 Å². The van der Waals surface area contributed by atoms with E-state index in [1.165, 1.54) is 70.6 Å². The van der Waals surface area contributed by atoms with Crippen LogP contribution >= 0.6 is 0 Å². The summed E-state index contributed by atoms with van der Waals surface area (Å²) in [7, 11) is 4.65. The van der Waals surface area contributed by atoms with Gasteiger partial charge in [0.05, 0.1) is 0 Å². The van der Waals surface area contributed by atoms with E-state index < -0.39 is 0 Å². The lowest BCUT2D eigenvalue weighted by molar-refractivity contribution is 0.0294. The van der Waals surface area contributed by atoms with Crippen LogP contribution in [0.2, 0.25) is 0 Å². The minimum atomic E-state index is 0.420. The SMILES string of the molecule is CCNC(C1CCCCCC1)C1(N(C)C)CCCCC1. The van der Waals surface area contributed by atoms with E-state index in [2.05, 4.69) is 31.2 Å². The molecule has 2 saturated carbocycles. The molecule has 2 aliphatic rings. The molecule has 0 bridgehead atoms. The van der Waals surface area contributed by atoms with Gasteiger partial charge in [0.25, 0.3) is 0 Å². The van der Waals surface area contributed by atoms with Gasteiger partial charge in [0.1, 0.15) is 0 Å². The first-order chi connectivity index (χ1) is 9.70. The maximum Gasteiger partial charge on any atom is 0.0359 e. The molecule has 1 N–H and O–H groups in total. The predicted molar refractivity (Wildman–Crippen MR) is 88.2 cm³/mol. The van der Waals surface area contributed by atoms with Crippen LogP contribution in [-0.2, 0) is 0 Å². The van der Waals surface area contributed by atoms with E-state index in [9.17, 15) is 0 Å². The number of nitrogens with one attached hydrogen (secondary N) is 1. The highest BCUT2D eigenvalue weighted by molar-refractivity contribution is 5.03. The second-order valence-electron chi connectivity index (χ2n) is 7.35. The molecule has 1 unspecified atom stereocenters. The summed E-state index contributed by atoms with van der Waals surface area (Å²) in [6.07, 6.45) is 15.8. The molecule has 2 nitrogen and oxygen atoms in total. The Hall–Kier alpha value is -0.0800. The zero-order valence-corrected chi connectivity index (χ0v) is 14.1. The Kier molecular flexibility index (Phi) is 6.35. The van der Waals surface area contributed by atoms with Crippen molar-refractivity contribution in [1.29, 1.82) is 0 Å². The van der Waals surface area contributed by atoms with Gasteiger partial charge >= 0.3 is 0 Å². The van der Waals surface area contributed by atoms with Crippen LogP contribution in [0.5, 0.6) is 0 Å². The zero-order valence-electron chi connectivity index (χ0n) is 14.1. The zero-order chi connectivity index (χ0) is 14.4. The Morgan fingerprint density at radius 1 is 0.950 bits per heavy atom. The molecule has 0 aliphatic heterocycles. The van der Waals surface area contributed by atoms with Gasteiger partial charge in [-0.3, -0.25) is 0 Å². The maximum atomic E-state index is 3.93. The molecule has 0 aromatic carbocycles. The molecular weight excluding hydrogens is 244 g/mol. The van der Waals surface area contributed by atoms with E-state index in [1.54, 1.807) is 0 Å². The van der Waals surface area contributed by atoms with Crippen molar-refractivity contribution in [2.45, 2.75) is 89.1 Å². The molecule has 0 amide bonds. The highest BCUT2D eigenvalue weighted by Crippen LogP contribution is 2.40. The normalized spacial score (nSPS) is 26.4. The second-order valence-corrected chi connectivity index (χ2v) is 7.35. The summed E-state index contributed by atoms with van der Waals surface area (Å²) >= 11 is 0. The van der Waals surface area contributed by atoms with Crippen molar-refractivity contribution in [1.82, 2.24) is 10.2 Å². The van der Waals surface area contributed by atoms with Crippen molar-refractivity contribution in [2.75, 3.05) is 20.6 Å². The lowest BCUT2D eigenvalue weighted by atomic mass is 9.69. The third-order valence-electron chi connectivity index (χ3n) is 5.98. The van der Waals surface area contributed by atoms with E-state index in [0.29, 0.717) is 11.6 Å². The van der Waals surface area contributed by atoms with Crippen LogP contribution < -0.4 is 5.32 Å². The maximum absolute atomic E-state index is 3.93. The molecule has 20 heavy (non-hydrogen) atoms. The summed E-state index contributed by atoms with van der Waals surface area (Å²) in [6, 6.07) is 0.709. The minimum Gasteiger partial charge on any atom is -0.312 e. The molecule has 1 atom stereocenters. The summed E-state index contributed by atoms with van der Waals surface area (Å²) in [5, 5.41) is 3.93. The Morgan fingerprint density at radius 2 is 1.50 bits per heavy atom. The van der Waals surface area contributed by atoms with Crippen molar-refractivity contribution in [3.63, 3.8) is 0 Å².